The quantitative estimate of drug-likeness (QED) is 0.0560. The standard InChI is InChI=1S/C94H65N5OSi.Pt/c1-94(2,3)66-54-55-95-90(59-66)99-86-50-23-20-43-78(86)79-53-52-69(61-88(79)99)100-68-32-25-31-67(60-68)96-62-97-92-82(47-27-51-87(92)98-84-48-21-18-41-76(84)77-42-19-22-49-85(77)98)81-46-26-45-74(63-28-8-4-9-29-63)91(81)80-44-17-16-40-75(80)83-57-65(58-89(96)93(83)97)64-30-24-39-73(56-64)101(70-33-10-5-11-34-70,71-35-12-6-13-36-71)72-37-14-7-15-38-72;/h4-59H,1-3H3;/q-2;/i4D,5D,6D,7D,8D,9D,10D,11D,12D,13D,14D,15D,24D,28D,29D,30D,33D,34D,35D,36D,37D,38D,39D,56D;. The van der Waals surface area contributed by atoms with Gasteiger partial charge in [0.15, 0.2) is 8.07 Å². The van der Waals surface area contributed by atoms with Gasteiger partial charge in [-0.1, -0.05) is 287 Å². The van der Waals surface area contributed by atoms with E-state index in [-0.39, 0.29) is 71.4 Å². The zero-order valence-corrected chi connectivity index (χ0v) is 57.7. The summed E-state index contributed by atoms with van der Waals surface area (Å²) < 4.78 is 246. The van der Waals surface area contributed by atoms with Crippen LogP contribution in [0, 0.1) is 18.5 Å². The maximum atomic E-state index is 11.2. The third-order valence-electron chi connectivity index (χ3n) is 18.9. The molecule has 0 saturated heterocycles. The number of imidazole rings is 1. The molecule has 102 heavy (non-hydrogen) atoms. The van der Waals surface area contributed by atoms with Crippen LogP contribution >= 0.6 is 0 Å². The van der Waals surface area contributed by atoms with Crippen molar-refractivity contribution in [2.24, 2.45) is 0 Å². The molecule has 1 aliphatic heterocycles. The SMILES string of the molecule is [2H]c1c([2H])c([2H])c(-c2cccc3c2-c2ccccc2-c2cc(-c4c([2H])c([2H])c([2H])c([Si](c5c([2H])c([2H])c([2H])c([2H])c5[2H])(c5c([2H])c([2H])c([2H])c([2H])c5[2H])c5c([2H])c([2H])c([2H])c([2H])c5[2H])c4[2H])cc4c2[n+]([c-]n4-c2[c-]c(Oc4[c-]c5c(cc4)c4ccccc4n5-c4cc(C(C)(C)C)ccn4)ccc2)-c2c-3cccc2-n2c3ccccc3c3ccccc32)c([2H])c1[2H].[Pt]. The smallest absolute Gasteiger partial charge is 0.268 e. The van der Waals surface area contributed by atoms with Gasteiger partial charge < -0.3 is 18.4 Å². The van der Waals surface area contributed by atoms with Crippen molar-refractivity contribution in [3.05, 3.63) is 363 Å². The average molecular weight is 1530 g/mol. The molecule has 6 nitrogen and oxygen atoms in total. The maximum absolute atomic E-state index is 11.2. The van der Waals surface area contributed by atoms with Gasteiger partial charge in [0.05, 0.1) is 66.3 Å². The number of nitrogens with zero attached hydrogens (tertiary/aromatic N) is 5. The number of hydrogen-bond acceptors (Lipinski definition) is 2. The molecule has 0 amide bonds. The zero-order valence-electron chi connectivity index (χ0n) is 78.4. The molecule has 0 radical (unpaired) electrons. The van der Waals surface area contributed by atoms with Crippen molar-refractivity contribution < 1.29 is 63.3 Å². The molecular weight excluding hydrogens is 1440 g/mol. The number of hydrogen-bond donors (Lipinski definition) is 0. The van der Waals surface area contributed by atoms with Crippen LogP contribution in [0.3, 0.4) is 0 Å². The molecule has 0 aliphatic carbocycles. The Bertz CT molecular complexity index is 7520. The minimum Gasteiger partial charge on any atom is -0.510 e. The zero-order chi connectivity index (χ0) is 88.2. The summed E-state index contributed by atoms with van der Waals surface area (Å²) in [5, 5.41) is -0.476. The molecule has 19 rings (SSSR count). The van der Waals surface area contributed by atoms with E-state index >= 15 is 0 Å². The largest absolute Gasteiger partial charge is 0.510 e. The van der Waals surface area contributed by atoms with E-state index in [9.17, 15) is 24.7 Å². The van der Waals surface area contributed by atoms with E-state index in [1.165, 1.54) is 0 Å². The van der Waals surface area contributed by atoms with Crippen LogP contribution in [-0.4, -0.2) is 26.8 Å². The number of ether oxygens (including phenoxy) is 1. The fourth-order valence-electron chi connectivity index (χ4n) is 14.5. The van der Waals surface area contributed by atoms with Crippen LogP contribution in [0.15, 0.2) is 339 Å². The van der Waals surface area contributed by atoms with Crippen molar-refractivity contribution in [1.82, 2.24) is 18.7 Å². The fourth-order valence-corrected chi connectivity index (χ4v) is 18.1. The second-order valence-electron chi connectivity index (χ2n) is 25.6. The molecule has 488 valence electrons. The Kier molecular flexibility index (Phi) is 10.2. The topological polar surface area (TPSA) is 40.8 Å². The monoisotopic (exact) mass is 1530 g/mol. The van der Waals surface area contributed by atoms with Gasteiger partial charge in [-0.05, 0) is 141 Å². The van der Waals surface area contributed by atoms with Crippen molar-refractivity contribution >= 4 is 83.5 Å². The summed E-state index contributed by atoms with van der Waals surface area (Å²) in [5.41, 5.74) is 7.09. The molecule has 0 atom stereocenters. The molecule has 0 N–H and O–H groups in total. The summed E-state index contributed by atoms with van der Waals surface area (Å²) in [6.07, 6.45) is 5.56. The number of pyridine rings is 1. The number of rotatable bonds is 11. The second-order valence-corrected chi connectivity index (χ2v) is 29.1. The van der Waals surface area contributed by atoms with Crippen LogP contribution in [-0.2, 0) is 26.5 Å². The van der Waals surface area contributed by atoms with Crippen molar-refractivity contribution in [3.8, 4) is 90.0 Å². The molecule has 0 fully saturated rings. The van der Waals surface area contributed by atoms with Crippen molar-refractivity contribution in [2.45, 2.75) is 26.2 Å². The molecule has 0 bridgehead atoms. The van der Waals surface area contributed by atoms with E-state index in [1.807, 2.05) is 118 Å². The van der Waals surface area contributed by atoms with Gasteiger partial charge in [0, 0.05) is 55.1 Å². The van der Waals surface area contributed by atoms with Gasteiger partial charge in [-0.15, -0.1) is 29.7 Å². The van der Waals surface area contributed by atoms with Gasteiger partial charge >= 0.3 is 0 Å². The predicted molar refractivity (Wildman–Crippen MR) is 417 cm³/mol. The van der Waals surface area contributed by atoms with E-state index in [4.69, 9.17) is 17.9 Å². The first kappa shape index (κ1) is 41.5. The van der Waals surface area contributed by atoms with E-state index in [0.29, 0.717) is 56.0 Å². The van der Waals surface area contributed by atoms with Crippen LogP contribution in [0.2, 0.25) is 0 Å². The first-order valence-electron chi connectivity index (χ1n) is 44.6. The Morgan fingerprint density at radius 2 is 0.980 bits per heavy atom. The Balaban J connectivity index is 0.0000108. The summed E-state index contributed by atoms with van der Waals surface area (Å²) in [4.78, 5) is 4.89. The molecular formula is C94H65N5OPtSi-2. The number of benzene rings is 14. The molecule has 14 aromatic carbocycles. The summed E-state index contributed by atoms with van der Waals surface area (Å²) in [5.74, 6) is 1.08. The Hall–Kier alpha value is -12.0. The van der Waals surface area contributed by atoms with Crippen LogP contribution in [0.1, 0.15) is 59.2 Å². The van der Waals surface area contributed by atoms with Gasteiger partial charge in [-0.3, -0.25) is 4.57 Å². The molecule has 18 aromatic rings. The number of para-hydroxylation sites is 4. The third kappa shape index (κ3) is 10.1. The van der Waals surface area contributed by atoms with Crippen molar-refractivity contribution in [1.29, 1.82) is 0 Å². The average Bonchev–Trinajstić information content (AvgIpc) is 0.952. The van der Waals surface area contributed by atoms with Crippen molar-refractivity contribution in [3.63, 3.8) is 0 Å². The van der Waals surface area contributed by atoms with Gasteiger partial charge in [-0.2, -0.15) is 18.2 Å². The third-order valence-corrected chi connectivity index (χ3v) is 22.9. The summed E-state index contributed by atoms with van der Waals surface area (Å²) >= 11 is 0. The number of fused-ring (bicyclic) bond motifs is 13. The summed E-state index contributed by atoms with van der Waals surface area (Å²) in [6.45, 7) is 6.38. The second kappa shape index (κ2) is 25.0. The fraction of sp³-hybridized carbons (Fsp3) is 0.0426. The van der Waals surface area contributed by atoms with E-state index in [1.54, 1.807) is 83.6 Å². The normalized spacial score (nSPS) is 15.3. The first-order chi connectivity index (χ1) is 59.7. The van der Waals surface area contributed by atoms with E-state index in [2.05, 4.69) is 49.9 Å². The van der Waals surface area contributed by atoms with Gasteiger partial charge in [0.1, 0.15) is 5.82 Å². The summed E-state index contributed by atoms with van der Waals surface area (Å²) in [6, 6.07) is 41.1. The van der Waals surface area contributed by atoms with E-state index in [0.717, 1.165) is 43.7 Å². The molecule has 0 spiro atoms. The molecule has 8 heteroatoms. The molecule has 1 aliphatic rings. The minimum atomic E-state index is -6.43. The molecule has 0 saturated carbocycles. The van der Waals surface area contributed by atoms with Gasteiger partial charge in [0.2, 0.25) is 0 Å². The van der Waals surface area contributed by atoms with Crippen molar-refractivity contribution in [2.75, 3.05) is 0 Å². The van der Waals surface area contributed by atoms with Crippen LogP contribution in [0.25, 0.3) is 133 Å². The van der Waals surface area contributed by atoms with Crippen LogP contribution in [0.4, 0.5) is 0 Å². The number of aromatic nitrogens is 5. The van der Waals surface area contributed by atoms with Gasteiger partial charge in [-0.25, -0.2) is 4.98 Å². The Labute approximate surface area is 641 Å². The van der Waals surface area contributed by atoms with Crippen LogP contribution < -0.4 is 30.1 Å². The van der Waals surface area contributed by atoms with E-state index < -0.39 is 179 Å². The van der Waals surface area contributed by atoms with Gasteiger partial charge in [0.25, 0.3) is 6.33 Å². The maximum Gasteiger partial charge on any atom is 0.268 e. The minimum absolute atomic E-state index is 0. The summed E-state index contributed by atoms with van der Waals surface area (Å²) in [7, 11) is -6.43. The molecule has 0 unspecified atom stereocenters. The molecule has 4 aromatic heterocycles. The Morgan fingerprint density at radius 3 is 1.66 bits per heavy atom. The first-order valence-corrected chi connectivity index (χ1v) is 34.6. The van der Waals surface area contributed by atoms with Crippen LogP contribution in [0.5, 0.6) is 11.5 Å². The predicted octanol–water partition coefficient (Wildman–Crippen LogP) is 20.0. The molecule has 5 heterocycles. The Morgan fingerprint density at radius 1 is 0.431 bits per heavy atom.